The van der Waals surface area contributed by atoms with Crippen molar-refractivity contribution in [2.24, 2.45) is 0 Å². The molecule has 0 aromatic heterocycles. The van der Waals surface area contributed by atoms with Crippen LogP contribution in [0.1, 0.15) is 49.0 Å². The van der Waals surface area contributed by atoms with Gasteiger partial charge in [0.05, 0.1) is 11.3 Å². The molecule has 25 heavy (non-hydrogen) atoms. The van der Waals surface area contributed by atoms with E-state index in [2.05, 4.69) is 0 Å². The molecule has 6 nitrogen and oxygen atoms in total. The Morgan fingerprint density at radius 2 is 1.68 bits per heavy atom. The zero-order valence-electron chi connectivity index (χ0n) is 14.9. The summed E-state index contributed by atoms with van der Waals surface area (Å²) in [5.41, 5.74) is 0.899. The largest absolute Gasteiger partial charge is 0.452 e. The predicted molar refractivity (Wildman–Crippen MR) is 94.9 cm³/mol. The molecule has 2 rings (SSSR count). The maximum absolute atomic E-state index is 12.3. The Labute approximate surface area is 149 Å². The van der Waals surface area contributed by atoms with Crippen LogP contribution >= 0.6 is 0 Å². The molecule has 1 fully saturated rings. The van der Waals surface area contributed by atoms with Gasteiger partial charge in [-0.15, -0.1) is 0 Å². The number of ether oxygens (including phenoxy) is 1. The van der Waals surface area contributed by atoms with Crippen LogP contribution in [0.2, 0.25) is 0 Å². The molecule has 0 bridgehead atoms. The summed E-state index contributed by atoms with van der Waals surface area (Å²) in [6.45, 7) is 3.74. The molecule has 0 spiro atoms. The molecule has 0 N–H and O–H groups in total. The highest BCUT2D eigenvalue weighted by Gasteiger charge is 2.29. The van der Waals surface area contributed by atoms with E-state index in [1.54, 1.807) is 17.0 Å². The summed E-state index contributed by atoms with van der Waals surface area (Å²) in [7, 11) is -3.12. The number of carbonyl (C=O) groups is 2. The van der Waals surface area contributed by atoms with E-state index in [9.17, 15) is 18.0 Å². The van der Waals surface area contributed by atoms with Crippen LogP contribution in [-0.2, 0) is 25.1 Å². The van der Waals surface area contributed by atoms with Crippen LogP contribution in [0, 0.1) is 0 Å². The fourth-order valence-corrected chi connectivity index (χ4v) is 4.04. The van der Waals surface area contributed by atoms with Crippen molar-refractivity contribution in [3.63, 3.8) is 0 Å². The van der Waals surface area contributed by atoms with E-state index in [4.69, 9.17) is 4.74 Å². The van der Waals surface area contributed by atoms with E-state index in [0.29, 0.717) is 11.1 Å². The van der Waals surface area contributed by atoms with Gasteiger partial charge in [0.1, 0.15) is 0 Å². The van der Waals surface area contributed by atoms with Gasteiger partial charge >= 0.3 is 5.97 Å². The van der Waals surface area contributed by atoms with Crippen LogP contribution in [-0.4, -0.2) is 50.1 Å². The molecule has 1 aliphatic rings. The van der Waals surface area contributed by atoms with Crippen molar-refractivity contribution in [3.05, 3.63) is 35.4 Å². The summed E-state index contributed by atoms with van der Waals surface area (Å²) in [5.74, 6) is -0.843. The SMILES string of the molecule is C[C@H]1CCC[C@H](C)N1C(=O)COC(=O)c1ccc(CS(C)(=O)=O)cc1. The zero-order valence-corrected chi connectivity index (χ0v) is 15.7. The predicted octanol–water partition coefficient (Wildman–Crippen LogP) is 2.18. The lowest BCUT2D eigenvalue weighted by Crippen LogP contribution is -2.49. The second-order valence-electron chi connectivity index (χ2n) is 6.77. The Hall–Kier alpha value is -1.89. The fourth-order valence-electron chi connectivity index (χ4n) is 3.24. The summed E-state index contributed by atoms with van der Waals surface area (Å²) in [5, 5.41) is 0. The number of nitrogens with zero attached hydrogens (tertiary/aromatic N) is 1. The first-order valence-corrected chi connectivity index (χ1v) is 10.5. The van der Waals surface area contributed by atoms with E-state index in [0.717, 1.165) is 25.5 Å². The highest BCUT2D eigenvalue weighted by Crippen LogP contribution is 2.22. The van der Waals surface area contributed by atoms with Crippen molar-refractivity contribution in [2.45, 2.75) is 50.9 Å². The van der Waals surface area contributed by atoms with Crippen molar-refractivity contribution in [3.8, 4) is 0 Å². The number of hydrogen-bond donors (Lipinski definition) is 0. The topological polar surface area (TPSA) is 80.8 Å². The molecule has 0 unspecified atom stereocenters. The molecular formula is C18H25NO5S. The summed E-state index contributed by atoms with van der Waals surface area (Å²) < 4.78 is 27.7. The Morgan fingerprint density at radius 3 is 2.20 bits per heavy atom. The minimum atomic E-state index is -3.12. The molecule has 2 atom stereocenters. The van der Waals surface area contributed by atoms with Gasteiger partial charge in [-0.1, -0.05) is 12.1 Å². The second-order valence-corrected chi connectivity index (χ2v) is 8.91. The summed E-state index contributed by atoms with van der Waals surface area (Å²) >= 11 is 0. The van der Waals surface area contributed by atoms with Crippen molar-refractivity contribution in [2.75, 3.05) is 12.9 Å². The molecule has 0 radical (unpaired) electrons. The molecule has 1 aromatic rings. The minimum absolute atomic E-state index is 0.0778. The van der Waals surface area contributed by atoms with Gasteiger partial charge in [-0.05, 0) is 50.8 Å². The van der Waals surface area contributed by atoms with Crippen molar-refractivity contribution in [1.29, 1.82) is 0 Å². The van der Waals surface area contributed by atoms with Gasteiger partial charge in [0.25, 0.3) is 5.91 Å². The lowest BCUT2D eigenvalue weighted by atomic mass is 9.97. The Bertz CT molecular complexity index is 716. The van der Waals surface area contributed by atoms with E-state index >= 15 is 0 Å². The molecule has 0 aliphatic carbocycles. The van der Waals surface area contributed by atoms with Crippen molar-refractivity contribution in [1.82, 2.24) is 4.90 Å². The Morgan fingerprint density at radius 1 is 1.12 bits per heavy atom. The summed E-state index contributed by atoms with van der Waals surface area (Å²) in [6.07, 6.45) is 4.19. The van der Waals surface area contributed by atoms with E-state index in [1.165, 1.54) is 12.1 Å². The average molecular weight is 367 g/mol. The van der Waals surface area contributed by atoms with Crippen LogP contribution in [0.15, 0.2) is 24.3 Å². The molecule has 1 aliphatic heterocycles. The highest BCUT2D eigenvalue weighted by atomic mass is 32.2. The molecule has 1 amide bonds. The zero-order chi connectivity index (χ0) is 18.6. The first-order valence-electron chi connectivity index (χ1n) is 8.42. The Balaban J connectivity index is 1.92. The Kier molecular flexibility index (Phi) is 6.21. The lowest BCUT2D eigenvalue weighted by molar-refractivity contribution is -0.140. The molecule has 1 aromatic carbocycles. The normalized spacial score (nSPS) is 21.0. The molecule has 7 heteroatoms. The van der Waals surface area contributed by atoms with Crippen LogP contribution in [0.25, 0.3) is 0 Å². The van der Waals surface area contributed by atoms with Gasteiger partial charge in [0.2, 0.25) is 0 Å². The number of hydrogen-bond acceptors (Lipinski definition) is 5. The second kappa shape index (κ2) is 7.99. The van der Waals surface area contributed by atoms with Crippen molar-refractivity contribution >= 4 is 21.7 Å². The van der Waals surface area contributed by atoms with Gasteiger partial charge < -0.3 is 9.64 Å². The quantitative estimate of drug-likeness (QED) is 0.745. The summed E-state index contributed by atoms with van der Waals surface area (Å²) in [6, 6.07) is 6.50. The monoisotopic (exact) mass is 367 g/mol. The highest BCUT2D eigenvalue weighted by molar-refractivity contribution is 7.89. The van der Waals surface area contributed by atoms with Gasteiger partial charge in [-0.25, -0.2) is 13.2 Å². The number of likely N-dealkylation sites (tertiary alicyclic amines) is 1. The molecule has 1 saturated heterocycles. The molecule has 0 saturated carbocycles. The van der Waals surface area contributed by atoms with Crippen LogP contribution < -0.4 is 0 Å². The number of sulfone groups is 1. The third-order valence-electron chi connectivity index (χ3n) is 4.43. The van der Waals surface area contributed by atoms with E-state index < -0.39 is 15.8 Å². The third-order valence-corrected chi connectivity index (χ3v) is 5.28. The molecule has 1 heterocycles. The molecule has 138 valence electrons. The number of esters is 1. The van der Waals surface area contributed by atoms with Crippen LogP contribution in [0.4, 0.5) is 0 Å². The summed E-state index contributed by atoms with van der Waals surface area (Å²) in [4.78, 5) is 26.2. The average Bonchev–Trinajstić information content (AvgIpc) is 2.51. The van der Waals surface area contributed by atoms with Crippen molar-refractivity contribution < 1.29 is 22.7 Å². The van der Waals surface area contributed by atoms with Gasteiger partial charge in [-0.3, -0.25) is 4.79 Å². The number of amides is 1. The van der Waals surface area contributed by atoms with E-state index in [1.807, 2.05) is 13.8 Å². The maximum Gasteiger partial charge on any atom is 0.338 e. The number of piperidine rings is 1. The van der Waals surface area contributed by atoms with E-state index in [-0.39, 0.29) is 30.4 Å². The van der Waals surface area contributed by atoms with Crippen LogP contribution in [0.5, 0.6) is 0 Å². The third kappa shape index (κ3) is 5.56. The number of benzene rings is 1. The molecular weight excluding hydrogens is 342 g/mol. The smallest absolute Gasteiger partial charge is 0.338 e. The van der Waals surface area contributed by atoms with Gasteiger partial charge in [-0.2, -0.15) is 0 Å². The first-order chi connectivity index (χ1) is 11.7. The van der Waals surface area contributed by atoms with Gasteiger partial charge in [0.15, 0.2) is 16.4 Å². The maximum atomic E-state index is 12.3. The minimum Gasteiger partial charge on any atom is -0.452 e. The lowest BCUT2D eigenvalue weighted by Gasteiger charge is -2.38. The fraction of sp³-hybridized carbons (Fsp3) is 0.556. The van der Waals surface area contributed by atoms with Gasteiger partial charge in [0, 0.05) is 18.3 Å². The number of rotatable bonds is 5. The van der Waals surface area contributed by atoms with Crippen LogP contribution in [0.3, 0.4) is 0 Å². The first kappa shape index (κ1) is 19.4. The number of carbonyl (C=O) groups excluding carboxylic acids is 2. The standard InChI is InChI=1S/C18H25NO5S/c1-13-5-4-6-14(2)19(13)17(20)11-24-18(21)16-9-7-15(8-10-16)12-25(3,22)23/h7-10,13-14H,4-6,11-12H2,1-3H3/t13-,14-/m0/s1.